The van der Waals surface area contributed by atoms with Crippen LogP contribution in [-0.2, 0) is 14.3 Å². The first-order valence-corrected chi connectivity index (χ1v) is 7.42. The fourth-order valence-corrected chi connectivity index (χ4v) is 2.17. The Morgan fingerprint density at radius 3 is 2.21 bits per heavy atom. The van der Waals surface area contributed by atoms with Gasteiger partial charge in [-0.1, -0.05) is 35.3 Å². The zero-order valence-corrected chi connectivity index (χ0v) is 13.9. The first-order chi connectivity index (χ1) is 11.4. The van der Waals surface area contributed by atoms with Crippen LogP contribution in [-0.4, -0.2) is 24.9 Å². The number of methoxy groups -OCH3 is 1. The minimum atomic E-state index is -0.970. The number of para-hydroxylation sites is 1. The molecule has 0 unspecified atom stereocenters. The monoisotopic (exact) mass is 366 g/mol. The molecule has 0 saturated heterocycles. The van der Waals surface area contributed by atoms with E-state index >= 15 is 0 Å². The molecule has 0 heterocycles. The van der Waals surface area contributed by atoms with Gasteiger partial charge in [-0.2, -0.15) is 0 Å². The van der Waals surface area contributed by atoms with Crippen LogP contribution >= 0.6 is 23.2 Å². The lowest BCUT2D eigenvalue weighted by molar-refractivity contribution is -0.133. The standard InChI is InChI=1S/C16H12Cl2N2O4/c1-24-16(23)10-4-2-3-5-12(10)19-14(21)15(22)20-13-8-9(17)6-7-11(13)18/h2-8H,1H3,(H,19,21)(H,20,22). The molecule has 0 aliphatic carbocycles. The van der Waals surface area contributed by atoms with Crippen LogP contribution in [0.4, 0.5) is 11.4 Å². The number of nitrogens with one attached hydrogen (secondary N) is 2. The lowest BCUT2D eigenvalue weighted by atomic mass is 10.2. The van der Waals surface area contributed by atoms with Crippen LogP contribution in [0, 0.1) is 0 Å². The van der Waals surface area contributed by atoms with Gasteiger partial charge in [-0.15, -0.1) is 0 Å². The van der Waals surface area contributed by atoms with Gasteiger partial charge >= 0.3 is 17.8 Å². The lowest BCUT2D eigenvalue weighted by Gasteiger charge is -2.10. The van der Waals surface area contributed by atoms with Gasteiger partial charge in [-0.25, -0.2) is 4.79 Å². The van der Waals surface area contributed by atoms with Crippen molar-refractivity contribution >= 4 is 52.4 Å². The highest BCUT2D eigenvalue weighted by atomic mass is 35.5. The third-order valence-electron chi connectivity index (χ3n) is 2.96. The van der Waals surface area contributed by atoms with Crippen molar-refractivity contribution < 1.29 is 19.1 Å². The molecular formula is C16H12Cl2N2O4. The Labute approximate surface area is 147 Å². The van der Waals surface area contributed by atoms with Gasteiger partial charge < -0.3 is 15.4 Å². The summed E-state index contributed by atoms with van der Waals surface area (Å²) in [6, 6.07) is 10.6. The first kappa shape index (κ1) is 17.8. The molecule has 2 aromatic rings. The van der Waals surface area contributed by atoms with Gasteiger partial charge in [0.15, 0.2) is 0 Å². The number of rotatable bonds is 3. The van der Waals surface area contributed by atoms with E-state index in [2.05, 4.69) is 15.4 Å². The van der Waals surface area contributed by atoms with E-state index in [-0.39, 0.29) is 22.0 Å². The average Bonchev–Trinajstić information content (AvgIpc) is 2.57. The number of halogens is 2. The lowest BCUT2D eigenvalue weighted by Crippen LogP contribution is -2.29. The predicted molar refractivity (Wildman–Crippen MR) is 91.5 cm³/mol. The molecular weight excluding hydrogens is 355 g/mol. The maximum atomic E-state index is 12.0. The van der Waals surface area contributed by atoms with Crippen LogP contribution in [0.2, 0.25) is 10.0 Å². The number of amides is 2. The van der Waals surface area contributed by atoms with Crippen molar-refractivity contribution in [2.75, 3.05) is 17.7 Å². The van der Waals surface area contributed by atoms with E-state index < -0.39 is 17.8 Å². The summed E-state index contributed by atoms with van der Waals surface area (Å²) in [6.07, 6.45) is 0. The summed E-state index contributed by atoms with van der Waals surface area (Å²) in [5.74, 6) is -2.56. The molecule has 0 aliphatic heterocycles. The van der Waals surface area contributed by atoms with Gasteiger partial charge in [-0.05, 0) is 30.3 Å². The number of benzene rings is 2. The second-order valence-corrected chi connectivity index (χ2v) is 5.41. The number of carbonyl (C=O) groups excluding carboxylic acids is 3. The average molecular weight is 367 g/mol. The maximum absolute atomic E-state index is 12.0. The Bertz CT molecular complexity index is 808. The zero-order chi connectivity index (χ0) is 17.7. The normalized spacial score (nSPS) is 9.96. The van der Waals surface area contributed by atoms with Crippen LogP contribution in [0.15, 0.2) is 42.5 Å². The zero-order valence-electron chi connectivity index (χ0n) is 12.4. The molecule has 2 amide bonds. The molecule has 0 bridgehead atoms. The van der Waals surface area contributed by atoms with Crippen molar-refractivity contribution in [1.29, 1.82) is 0 Å². The Kier molecular flexibility index (Phi) is 5.78. The van der Waals surface area contributed by atoms with Crippen molar-refractivity contribution in [2.24, 2.45) is 0 Å². The summed E-state index contributed by atoms with van der Waals surface area (Å²) < 4.78 is 4.62. The molecule has 0 radical (unpaired) electrons. The fraction of sp³-hybridized carbons (Fsp3) is 0.0625. The molecule has 0 saturated carbocycles. The Hall–Kier alpha value is -2.57. The molecule has 124 valence electrons. The number of hydrogen-bond acceptors (Lipinski definition) is 4. The van der Waals surface area contributed by atoms with Crippen molar-refractivity contribution in [1.82, 2.24) is 0 Å². The van der Waals surface area contributed by atoms with Gasteiger partial charge in [0.1, 0.15) is 0 Å². The fourth-order valence-electron chi connectivity index (χ4n) is 1.83. The number of hydrogen-bond donors (Lipinski definition) is 2. The van der Waals surface area contributed by atoms with Gasteiger partial charge in [0.25, 0.3) is 0 Å². The highest BCUT2D eigenvalue weighted by Crippen LogP contribution is 2.25. The summed E-state index contributed by atoms with van der Waals surface area (Å²) in [5, 5.41) is 5.29. The molecule has 0 spiro atoms. The highest BCUT2D eigenvalue weighted by Gasteiger charge is 2.19. The SMILES string of the molecule is COC(=O)c1ccccc1NC(=O)C(=O)Nc1cc(Cl)ccc1Cl. The van der Waals surface area contributed by atoms with Crippen molar-refractivity contribution in [2.45, 2.75) is 0 Å². The summed E-state index contributed by atoms with van der Waals surface area (Å²) in [5.41, 5.74) is 0.481. The van der Waals surface area contributed by atoms with Crippen LogP contribution in [0.1, 0.15) is 10.4 Å². The van der Waals surface area contributed by atoms with E-state index in [4.69, 9.17) is 23.2 Å². The molecule has 2 rings (SSSR count). The van der Waals surface area contributed by atoms with Crippen molar-refractivity contribution in [3.63, 3.8) is 0 Å². The summed E-state index contributed by atoms with van der Waals surface area (Å²) in [4.78, 5) is 35.7. The van der Waals surface area contributed by atoms with E-state index in [1.54, 1.807) is 18.2 Å². The summed E-state index contributed by atoms with van der Waals surface area (Å²) >= 11 is 11.7. The molecule has 2 N–H and O–H groups in total. The summed E-state index contributed by atoms with van der Waals surface area (Å²) in [7, 11) is 1.22. The molecule has 0 aliphatic rings. The number of esters is 1. The van der Waals surface area contributed by atoms with E-state index in [9.17, 15) is 14.4 Å². The quantitative estimate of drug-likeness (QED) is 0.644. The van der Waals surface area contributed by atoms with Gasteiger partial charge in [0.05, 0.1) is 29.1 Å². The minimum Gasteiger partial charge on any atom is -0.465 e. The third-order valence-corrected chi connectivity index (χ3v) is 3.53. The van der Waals surface area contributed by atoms with Crippen LogP contribution in [0.5, 0.6) is 0 Å². The Morgan fingerprint density at radius 2 is 1.54 bits per heavy atom. The molecule has 24 heavy (non-hydrogen) atoms. The first-order valence-electron chi connectivity index (χ1n) is 6.67. The smallest absolute Gasteiger partial charge is 0.339 e. The second kappa shape index (κ2) is 7.81. The van der Waals surface area contributed by atoms with E-state index in [1.807, 2.05) is 0 Å². The van der Waals surface area contributed by atoms with Gasteiger partial charge in [0.2, 0.25) is 0 Å². The Morgan fingerprint density at radius 1 is 0.917 bits per heavy atom. The second-order valence-electron chi connectivity index (χ2n) is 4.57. The molecule has 6 nitrogen and oxygen atoms in total. The van der Waals surface area contributed by atoms with E-state index in [0.29, 0.717) is 5.02 Å². The van der Waals surface area contributed by atoms with E-state index in [0.717, 1.165) is 0 Å². The summed E-state index contributed by atoms with van der Waals surface area (Å²) in [6.45, 7) is 0. The molecule has 8 heteroatoms. The number of anilines is 2. The molecule has 2 aromatic carbocycles. The van der Waals surface area contributed by atoms with E-state index in [1.165, 1.54) is 31.4 Å². The van der Waals surface area contributed by atoms with Gasteiger partial charge in [0, 0.05) is 5.02 Å². The topological polar surface area (TPSA) is 84.5 Å². The van der Waals surface area contributed by atoms with Crippen molar-refractivity contribution in [3.05, 3.63) is 58.1 Å². The molecule has 0 aromatic heterocycles. The molecule has 0 atom stereocenters. The van der Waals surface area contributed by atoms with Crippen molar-refractivity contribution in [3.8, 4) is 0 Å². The third kappa shape index (κ3) is 4.24. The minimum absolute atomic E-state index is 0.127. The van der Waals surface area contributed by atoms with Crippen LogP contribution in [0.25, 0.3) is 0 Å². The highest BCUT2D eigenvalue weighted by molar-refractivity contribution is 6.45. The Balaban J connectivity index is 2.14. The largest absolute Gasteiger partial charge is 0.465 e. The maximum Gasteiger partial charge on any atom is 0.339 e. The number of ether oxygens (including phenoxy) is 1. The van der Waals surface area contributed by atoms with Crippen LogP contribution < -0.4 is 10.6 Å². The van der Waals surface area contributed by atoms with Crippen LogP contribution in [0.3, 0.4) is 0 Å². The number of carbonyl (C=O) groups is 3. The molecule has 0 fully saturated rings. The van der Waals surface area contributed by atoms with Gasteiger partial charge in [-0.3, -0.25) is 9.59 Å². The predicted octanol–water partition coefficient (Wildman–Crippen LogP) is 3.36.